The van der Waals surface area contributed by atoms with Crippen LogP contribution in [0.15, 0.2) is 12.2 Å². The Morgan fingerprint density at radius 1 is 0.541 bits per heavy atom. The van der Waals surface area contributed by atoms with Gasteiger partial charge >= 0.3 is 7.82 Å². The van der Waals surface area contributed by atoms with E-state index in [2.05, 4.69) is 19.2 Å². The first-order valence-electron chi connectivity index (χ1n) is 26.6. The average Bonchev–Trinajstić information content (AvgIpc) is 3.21. The molecular formula is C52H106N2O6P+. The Bertz CT molecular complexity index is 1000. The topological polar surface area (TPSA) is 105 Å². The molecule has 8 nitrogen and oxygen atoms in total. The Balaban J connectivity index is 4.25. The van der Waals surface area contributed by atoms with Crippen LogP contribution in [0.3, 0.4) is 0 Å². The minimum absolute atomic E-state index is 0.0650. The third-order valence-corrected chi connectivity index (χ3v) is 13.2. The van der Waals surface area contributed by atoms with Gasteiger partial charge in [0, 0.05) is 6.42 Å². The van der Waals surface area contributed by atoms with E-state index in [0.29, 0.717) is 17.4 Å². The predicted octanol–water partition coefficient (Wildman–Crippen LogP) is 15.5. The normalized spacial score (nSPS) is 14.1. The maximum Gasteiger partial charge on any atom is 0.472 e. The van der Waals surface area contributed by atoms with Crippen LogP contribution < -0.4 is 5.32 Å². The van der Waals surface area contributed by atoms with Crippen LogP contribution in [-0.2, 0) is 18.4 Å². The highest BCUT2D eigenvalue weighted by Crippen LogP contribution is 2.43. The molecule has 0 aromatic rings. The van der Waals surface area contributed by atoms with Crippen molar-refractivity contribution in [2.24, 2.45) is 0 Å². The number of nitrogens with zero attached hydrogens (tertiary/aromatic N) is 1. The van der Waals surface area contributed by atoms with E-state index < -0.39 is 20.0 Å². The van der Waals surface area contributed by atoms with Crippen molar-refractivity contribution in [2.75, 3.05) is 40.9 Å². The summed E-state index contributed by atoms with van der Waals surface area (Å²) in [5.74, 6) is -0.171. The van der Waals surface area contributed by atoms with Gasteiger partial charge in [0.15, 0.2) is 0 Å². The highest BCUT2D eigenvalue weighted by Gasteiger charge is 2.27. The van der Waals surface area contributed by atoms with E-state index in [0.717, 1.165) is 32.1 Å². The standard InChI is InChI=1S/C52H105N2O6P/c1-6-8-10-12-14-16-18-20-22-24-25-26-27-28-30-31-33-35-37-39-41-43-45-51(55)50(49-60-61(57,58)59-48-47-54(3,4)5)53-52(56)46-44-42-40-38-36-34-32-29-23-21-19-17-15-13-11-9-7-2/h43,45,50-51,55H,6-42,44,46-49H2,1-5H3,(H-,53,56,57,58)/p+1/b45-43+. The lowest BCUT2D eigenvalue weighted by atomic mass is 10.0. The molecule has 3 atom stereocenters. The molecule has 0 aliphatic carbocycles. The van der Waals surface area contributed by atoms with Crippen LogP contribution >= 0.6 is 7.82 Å². The maximum absolute atomic E-state index is 12.9. The molecule has 0 saturated carbocycles. The smallest absolute Gasteiger partial charge is 0.387 e. The Morgan fingerprint density at radius 3 is 1.21 bits per heavy atom. The number of unbranched alkanes of at least 4 members (excludes halogenated alkanes) is 36. The Morgan fingerprint density at radius 2 is 0.869 bits per heavy atom. The lowest BCUT2D eigenvalue weighted by Gasteiger charge is -2.25. The second-order valence-corrected chi connectivity index (χ2v) is 21.1. The molecule has 0 aliphatic rings. The zero-order chi connectivity index (χ0) is 45.0. The number of rotatable bonds is 49. The fourth-order valence-corrected chi connectivity index (χ4v) is 8.78. The average molecular weight is 886 g/mol. The molecular weight excluding hydrogens is 780 g/mol. The molecule has 364 valence electrons. The van der Waals surface area contributed by atoms with E-state index >= 15 is 0 Å². The summed E-state index contributed by atoms with van der Waals surface area (Å²) in [5.41, 5.74) is 0. The van der Waals surface area contributed by atoms with Crippen molar-refractivity contribution in [1.82, 2.24) is 5.32 Å². The lowest BCUT2D eigenvalue weighted by Crippen LogP contribution is -2.45. The molecule has 3 N–H and O–H groups in total. The number of carbonyl (C=O) groups is 1. The maximum atomic E-state index is 12.9. The van der Waals surface area contributed by atoms with Crippen molar-refractivity contribution in [1.29, 1.82) is 0 Å². The van der Waals surface area contributed by atoms with Crippen molar-refractivity contribution in [3.63, 3.8) is 0 Å². The third-order valence-electron chi connectivity index (χ3n) is 12.3. The highest BCUT2D eigenvalue weighted by atomic mass is 31.2. The van der Waals surface area contributed by atoms with Gasteiger partial charge in [0.05, 0.1) is 39.9 Å². The summed E-state index contributed by atoms with van der Waals surface area (Å²) in [6.45, 7) is 4.86. The summed E-state index contributed by atoms with van der Waals surface area (Å²) < 4.78 is 23.7. The number of aliphatic hydroxyl groups is 1. The van der Waals surface area contributed by atoms with E-state index in [9.17, 15) is 19.4 Å². The molecule has 61 heavy (non-hydrogen) atoms. The molecule has 0 bridgehead atoms. The van der Waals surface area contributed by atoms with Crippen molar-refractivity contribution >= 4 is 13.7 Å². The van der Waals surface area contributed by atoms with Gasteiger partial charge < -0.3 is 19.8 Å². The molecule has 0 rings (SSSR count). The van der Waals surface area contributed by atoms with Gasteiger partial charge in [-0.25, -0.2) is 4.57 Å². The van der Waals surface area contributed by atoms with Gasteiger partial charge in [0.25, 0.3) is 0 Å². The van der Waals surface area contributed by atoms with Gasteiger partial charge in [0.2, 0.25) is 5.91 Å². The predicted molar refractivity (Wildman–Crippen MR) is 263 cm³/mol. The Kier molecular flexibility index (Phi) is 43.9. The van der Waals surface area contributed by atoms with Gasteiger partial charge in [0.1, 0.15) is 13.2 Å². The van der Waals surface area contributed by atoms with E-state index in [-0.39, 0.29) is 19.1 Å². The van der Waals surface area contributed by atoms with Gasteiger partial charge in [-0.3, -0.25) is 13.8 Å². The summed E-state index contributed by atoms with van der Waals surface area (Å²) in [4.78, 5) is 23.2. The minimum Gasteiger partial charge on any atom is -0.387 e. The third kappa shape index (κ3) is 47.0. The van der Waals surface area contributed by atoms with Crippen molar-refractivity contribution in [3.8, 4) is 0 Å². The molecule has 0 saturated heterocycles. The molecule has 9 heteroatoms. The summed E-state index contributed by atoms with van der Waals surface area (Å²) in [6, 6.07) is -0.841. The number of carbonyl (C=O) groups excluding carboxylic acids is 1. The number of nitrogens with one attached hydrogen (secondary N) is 1. The first-order chi connectivity index (χ1) is 29.5. The number of hydrogen-bond donors (Lipinski definition) is 3. The van der Waals surface area contributed by atoms with Crippen molar-refractivity contribution in [3.05, 3.63) is 12.2 Å². The second kappa shape index (κ2) is 44.4. The number of hydrogen-bond acceptors (Lipinski definition) is 5. The zero-order valence-electron chi connectivity index (χ0n) is 41.4. The SMILES string of the molecule is CCCCCCCCCCCCCCCCCCCCCC/C=C/C(O)C(COP(=O)(O)OCC[N+](C)(C)C)NC(=O)CCCCCCCCCCCCCCCCCCC. The number of allylic oxidation sites excluding steroid dienone is 1. The zero-order valence-corrected chi connectivity index (χ0v) is 42.3. The number of phosphoric acid groups is 1. The Hall–Kier alpha value is -0.760. The second-order valence-electron chi connectivity index (χ2n) is 19.6. The van der Waals surface area contributed by atoms with Crippen LogP contribution in [0.5, 0.6) is 0 Å². The van der Waals surface area contributed by atoms with Crippen molar-refractivity contribution in [2.45, 2.75) is 276 Å². The highest BCUT2D eigenvalue weighted by molar-refractivity contribution is 7.47. The van der Waals surface area contributed by atoms with Gasteiger partial charge in [-0.2, -0.15) is 0 Å². The molecule has 0 aromatic carbocycles. The van der Waals surface area contributed by atoms with Crippen LogP contribution in [0, 0.1) is 0 Å². The first-order valence-corrected chi connectivity index (χ1v) is 28.1. The number of quaternary nitrogens is 1. The van der Waals surface area contributed by atoms with E-state index in [1.807, 2.05) is 27.2 Å². The summed E-state index contributed by atoms with van der Waals surface area (Å²) >= 11 is 0. The molecule has 3 unspecified atom stereocenters. The fourth-order valence-electron chi connectivity index (χ4n) is 8.04. The van der Waals surface area contributed by atoms with E-state index in [1.54, 1.807) is 6.08 Å². The monoisotopic (exact) mass is 886 g/mol. The number of likely N-dealkylation sites (N-methyl/N-ethyl adjacent to an activating group) is 1. The largest absolute Gasteiger partial charge is 0.472 e. The van der Waals surface area contributed by atoms with E-state index in [4.69, 9.17) is 9.05 Å². The lowest BCUT2D eigenvalue weighted by molar-refractivity contribution is -0.870. The quantitative estimate of drug-likeness (QED) is 0.0243. The van der Waals surface area contributed by atoms with Gasteiger partial charge in [-0.05, 0) is 19.3 Å². The summed E-state index contributed by atoms with van der Waals surface area (Å²) in [5, 5.41) is 13.9. The molecule has 0 spiro atoms. The van der Waals surface area contributed by atoms with Crippen LogP contribution in [0.25, 0.3) is 0 Å². The fraction of sp³-hybridized carbons (Fsp3) is 0.942. The molecule has 0 aromatic heterocycles. The van der Waals surface area contributed by atoms with Crippen LogP contribution in [0.2, 0.25) is 0 Å². The van der Waals surface area contributed by atoms with Crippen LogP contribution in [-0.4, -0.2) is 73.4 Å². The molecule has 0 aliphatic heterocycles. The molecule has 1 amide bonds. The number of aliphatic hydroxyl groups excluding tert-OH is 1. The Labute approximate surface area is 380 Å². The van der Waals surface area contributed by atoms with Gasteiger partial charge in [-0.15, -0.1) is 0 Å². The molecule has 0 heterocycles. The summed E-state index contributed by atoms with van der Waals surface area (Å²) in [6.07, 6.45) is 52.9. The molecule has 0 radical (unpaired) electrons. The summed E-state index contributed by atoms with van der Waals surface area (Å²) in [7, 11) is 1.59. The van der Waals surface area contributed by atoms with Gasteiger partial charge in [-0.1, -0.05) is 251 Å². The van der Waals surface area contributed by atoms with Crippen molar-refractivity contribution < 1.29 is 32.9 Å². The molecule has 0 fully saturated rings. The number of phosphoric ester groups is 1. The minimum atomic E-state index is -4.34. The number of amides is 1. The van der Waals surface area contributed by atoms with E-state index in [1.165, 1.54) is 212 Å². The first kappa shape index (κ1) is 60.2. The van der Waals surface area contributed by atoms with Crippen LogP contribution in [0.1, 0.15) is 264 Å². The van der Waals surface area contributed by atoms with Crippen LogP contribution in [0.4, 0.5) is 0 Å².